The lowest BCUT2D eigenvalue weighted by Crippen LogP contribution is -2.25. The molecular weight excluding hydrogens is 235 g/mol. The van der Waals surface area contributed by atoms with E-state index in [4.69, 9.17) is 0 Å². The van der Waals surface area contributed by atoms with Gasteiger partial charge in [0.15, 0.2) is 17.5 Å². The fourth-order valence-electron chi connectivity index (χ4n) is 1.15. The van der Waals surface area contributed by atoms with Crippen molar-refractivity contribution in [1.82, 2.24) is 10.3 Å². The van der Waals surface area contributed by atoms with Crippen LogP contribution in [0.25, 0.3) is 0 Å². The number of nitrogens with zero attached hydrogens (tertiary/aromatic N) is 1. The van der Waals surface area contributed by atoms with Crippen LogP contribution in [0.5, 0.6) is 0 Å². The van der Waals surface area contributed by atoms with Gasteiger partial charge < -0.3 is 10.6 Å². The van der Waals surface area contributed by atoms with Gasteiger partial charge in [-0.15, -0.1) is 0 Å². The van der Waals surface area contributed by atoms with Gasteiger partial charge in [-0.05, 0) is 6.92 Å². The molecule has 7 heteroatoms. The summed E-state index contributed by atoms with van der Waals surface area (Å²) in [6, 6.07) is 0.400. The monoisotopic (exact) mass is 247 g/mol. The number of halogens is 3. The SMILES string of the molecule is CCNC(=O)CCNc1nc(F)c(F)cc1F. The van der Waals surface area contributed by atoms with Crippen molar-refractivity contribution in [3.8, 4) is 0 Å². The van der Waals surface area contributed by atoms with E-state index in [0.29, 0.717) is 12.6 Å². The van der Waals surface area contributed by atoms with Gasteiger partial charge in [-0.25, -0.2) is 8.78 Å². The third-order valence-corrected chi connectivity index (χ3v) is 1.91. The van der Waals surface area contributed by atoms with Crippen molar-refractivity contribution >= 4 is 11.7 Å². The van der Waals surface area contributed by atoms with Gasteiger partial charge in [0, 0.05) is 25.6 Å². The zero-order valence-corrected chi connectivity index (χ0v) is 9.19. The molecule has 0 saturated carbocycles. The molecule has 0 atom stereocenters. The van der Waals surface area contributed by atoms with E-state index in [1.54, 1.807) is 6.92 Å². The van der Waals surface area contributed by atoms with Crippen LogP contribution in [0.1, 0.15) is 13.3 Å². The number of carbonyl (C=O) groups excluding carboxylic acids is 1. The van der Waals surface area contributed by atoms with E-state index in [9.17, 15) is 18.0 Å². The average Bonchev–Trinajstić information content (AvgIpc) is 2.26. The van der Waals surface area contributed by atoms with Gasteiger partial charge in [0.2, 0.25) is 5.91 Å². The molecule has 0 radical (unpaired) electrons. The molecule has 1 heterocycles. The highest BCUT2D eigenvalue weighted by Crippen LogP contribution is 2.13. The number of amides is 1. The van der Waals surface area contributed by atoms with Gasteiger partial charge in [0.05, 0.1) is 0 Å². The molecule has 94 valence electrons. The van der Waals surface area contributed by atoms with Gasteiger partial charge >= 0.3 is 0 Å². The van der Waals surface area contributed by atoms with E-state index >= 15 is 0 Å². The van der Waals surface area contributed by atoms with Crippen molar-refractivity contribution in [3.05, 3.63) is 23.6 Å². The topological polar surface area (TPSA) is 54.0 Å². The van der Waals surface area contributed by atoms with Crippen LogP contribution in [0, 0.1) is 17.6 Å². The van der Waals surface area contributed by atoms with Crippen molar-refractivity contribution in [1.29, 1.82) is 0 Å². The highest BCUT2D eigenvalue weighted by atomic mass is 19.2. The van der Waals surface area contributed by atoms with E-state index in [1.165, 1.54) is 0 Å². The first-order valence-electron chi connectivity index (χ1n) is 5.06. The van der Waals surface area contributed by atoms with Crippen LogP contribution in [0.15, 0.2) is 6.07 Å². The van der Waals surface area contributed by atoms with Crippen molar-refractivity contribution < 1.29 is 18.0 Å². The Kier molecular flexibility index (Phi) is 4.74. The summed E-state index contributed by atoms with van der Waals surface area (Å²) in [5.74, 6) is -4.36. The molecule has 1 aromatic heterocycles. The summed E-state index contributed by atoms with van der Waals surface area (Å²) in [5, 5.41) is 4.96. The number of nitrogens with one attached hydrogen (secondary N) is 2. The van der Waals surface area contributed by atoms with E-state index < -0.39 is 23.4 Å². The zero-order chi connectivity index (χ0) is 12.8. The number of pyridine rings is 1. The van der Waals surface area contributed by atoms with Gasteiger partial charge in [0.25, 0.3) is 5.95 Å². The van der Waals surface area contributed by atoms with E-state index in [-0.39, 0.29) is 18.9 Å². The number of anilines is 1. The van der Waals surface area contributed by atoms with Crippen LogP contribution in [0.4, 0.5) is 19.0 Å². The van der Waals surface area contributed by atoms with Gasteiger partial charge in [-0.2, -0.15) is 9.37 Å². The normalized spacial score (nSPS) is 10.1. The van der Waals surface area contributed by atoms with Crippen LogP contribution >= 0.6 is 0 Å². The third kappa shape index (κ3) is 3.93. The molecule has 0 spiro atoms. The summed E-state index contributed by atoms with van der Waals surface area (Å²) >= 11 is 0. The summed E-state index contributed by atoms with van der Waals surface area (Å²) < 4.78 is 38.3. The minimum Gasteiger partial charge on any atom is -0.367 e. The van der Waals surface area contributed by atoms with Crippen molar-refractivity contribution in [3.63, 3.8) is 0 Å². The molecule has 0 fully saturated rings. The smallest absolute Gasteiger partial charge is 0.251 e. The molecule has 0 unspecified atom stereocenters. The third-order valence-electron chi connectivity index (χ3n) is 1.91. The molecule has 0 saturated heterocycles. The van der Waals surface area contributed by atoms with Gasteiger partial charge in [-0.1, -0.05) is 0 Å². The van der Waals surface area contributed by atoms with Crippen LogP contribution in [0.2, 0.25) is 0 Å². The van der Waals surface area contributed by atoms with Crippen molar-refractivity contribution in [2.45, 2.75) is 13.3 Å². The lowest BCUT2D eigenvalue weighted by atomic mass is 10.3. The van der Waals surface area contributed by atoms with Crippen LogP contribution in [-0.4, -0.2) is 24.0 Å². The molecule has 1 rings (SSSR count). The van der Waals surface area contributed by atoms with E-state index in [2.05, 4.69) is 15.6 Å². The Morgan fingerprint density at radius 3 is 2.71 bits per heavy atom. The number of carbonyl (C=O) groups is 1. The minimum atomic E-state index is -1.38. The molecule has 1 aromatic rings. The Morgan fingerprint density at radius 2 is 2.06 bits per heavy atom. The summed E-state index contributed by atoms with van der Waals surface area (Å²) in [4.78, 5) is 14.1. The highest BCUT2D eigenvalue weighted by Gasteiger charge is 2.11. The van der Waals surface area contributed by atoms with Crippen LogP contribution in [0.3, 0.4) is 0 Å². The molecule has 1 amide bonds. The van der Waals surface area contributed by atoms with Gasteiger partial charge in [-0.3, -0.25) is 4.79 Å². The molecule has 0 bridgehead atoms. The first kappa shape index (κ1) is 13.3. The number of aromatic nitrogens is 1. The molecule has 0 aromatic carbocycles. The Hall–Kier alpha value is -1.79. The standard InChI is InChI=1S/C10H12F3N3O/c1-2-14-8(17)3-4-15-10-7(12)5-6(11)9(13)16-10/h5H,2-4H2,1H3,(H,14,17)(H,15,16). The summed E-state index contributed by atoms with van der Waals surface area (Å²) in [7, 11) is 0. The molecule has 0 aliphatic carbocycles. The second kappa shape index (κ2) is 6.07. The zero-order valence-electron chi connectivity index (χ0n) is 9.19. The fourth-order valence-corrected chi connectivity index (χ4v) is 1.15. The van der Waals surface area contributed by atoms with E-state index in [0.717, 1.165) is 0 Å². The fraction of sp³-hybridized carbons (Fsp3) is 0.400. The number of hydrogen-bond acceptors (Lipinski definition) is 3. The maximum absolute atomic E-state index is 13.1. The maximum Gasteiger partial charge on any atom is 0.251 e. The molecule has 0 aliphatic rings. The molecule has 4 nitrogen and oxygen atoms in total. The first-order chi connectivity index (χ1) is 8.04. The average molecular weight is 247 g/mol. The second-order valence-corrected chi connectivity index (χ2v) is 3.22. The Labute approximate surface area is 96.2 Å². The predicted octanol–water partition coefficient (Wildman–Crippen LogP) is 1.44. The highest BCUT2D eigenvalue weighted by molar-refractivity contribution is 5.76. The van der Waals surface area contributed by atoms with Crippen molar-refractivity contribution in [2.24, 2.45) is 0 Å². The molecule has 17 heavy (non-hydrogen) atoms. The molecule has 0 aliphatic heterocycles. The second-order valence-electron chi connectivity index (χ2n) is 3.22. The van der Waals surface area contributed by atoms with Crippen LogP contribution < -0.4 is 10.6 Å². The van der Waals surface area contributed by atoms with Gasteiger partial charge in [0.1, 0.15) is 0 Å². The van der Waals surface area contributed by atoms with Crippen LogP contribution in [-0.2, 0) is 4.79 Å². The minimum absolute atomic E-state index is 0.0842. The lowest BCUT2D eigenvalue weighted by Gasteiger charge is -2.06. The first-order valence-corrected chi connectivity index (χ1v) is 5.06. The number of hydrogen-bond donors (Lipinski definition) is 2. The largest absolute Gasteiger partial charge is 0.367 e. The lowest BCUT2D eigenvalue weighted by molar-refractivity contribution is -0.120. The maximum atomic E-state index is 13.1. The van der Waals surface area contributed by atoms with E-state index in [1.807, 2.05) is 0 Å². The predicted molar refractivity (Wildman–Crippen MR) is 55.9 cm³/mol. The van der Waals surface area contributed by atoms with Crippen molar-refractivity contribution in [2.75, 3.05) is 18.4 Å². The summed E-state index contributed by atoms with van der Waals surface area (Å²) in [6.07, 6.45) is 0.0912. The molecular formula is C10H12F3N3O. The molecule has 2 N–H and O–H groups in total. The Bertz CT molecular complexity index is 412. The summed E-state index contributed by atoms with van der Waals surface area (Å²) in [6.45, 7) is 2.35. The Morgan fingerprint density at radius 1 is 1.35 bits per heavy atom. The summed E-state index contributed by atoms with van der Waals surface area (Å²) in [5.41, 5.74) is 0. The Balaban J connectivity index is 2.52. The quantitative estimate of drug-likeness (QED) is 0.774. The number of rotatable bonds is 5.